The van der Waals surface area contributed by atoms with Crippen molar-refractivity contribution in [2.45, 2.75) is 44.3 Å². The Morgan fingerprint density at radius 3 is 2.48 bits per heavy atom. The quantitative estimate of drug-likeness (QED) is 0.892. The molecule has 1 amide bonds. The molecule has 3 rings (SSSR count). The molecule has 0 aromatic carbocycles. The largest absolute Gasteiger partial charge is 0.573 e. The van der Waals surface area contributed by atoms with E-state index in [1.807, 2.05) is 4.90 Å². The van der Waals surface area contributed by atoms with E-state index in [0.29, 0.717) is 18.2 Å². The molecule has 0 bridgehead atoms. The fourth-order valence-electron chi connectivity index (χ4n) is 3.47. The van der Waals surface area contributed by atoms with Crippen LogP contribution in [0.2, 0.25) is 0 Å². The molecule has 1 aromatic rings. The fourth-order valence-corrected chi connectivity index (χ4v) is 3.47. The molecule has 6 nitrogen and oxygen atoms in total. The number of ether oxygens (including phenoxy) is 2. The highest BCUT2D eigenvalue weighted by molar-refractivity contribution is 5.79. The molecule has 9 heteroatoms. The summed E-state index contributed by atoms with van der Waals surface area (Å²) < 4.78 is 46.0. The van der Waals surface area contributed by atoms with Gasteiger partial charge < -0.3 is 20.1 Å². The highest BCUT2D eigenvalue weighted by Gasteiger charge is 2.36. The minimum atomic E-state index is -4.72. The van der Waals surface area contributed by atoms with Crippen molar-refractivity contribution in [2.75, 3.05) is 18.0 Å². The Balaban J connectivity index is 1.51. The van der Waals surface area contributed by atoms with Gasteiger partial charge >= 0.3 is 6.36 Å². The van der Waals surface area contributed by atoms with Crippen molar-refractivity contribution in [1.29, 1.82) is 0 Å². The van der Waals surface area contributed by atoms with Crippen molar-refractivity contribution >= 4 is 11.7 Å². The Hall–Kier alpha value is -2.03. The minimum absolute atomic E-state index is 0.0511. The first kappa shape index (κ1) is 17.8. The number of alkyl halides is 3. The van der Waals surface area contributed by atoms with E-state index in [1.54, 1.807) is 0 Å². The number of aromatic nitrogens is 1. The normalized spacial score (nSPS) is 25.2. The van der Waals surface area contributed by atoms with E-state index in [0.717, 1.165) is 38.5 Å². The van der Waals surface area contributed by atoms with E-state index in [2.05, 4.69) is 9.72 Å². The molecule has 0 aliphatic carbocycles. The van der Waals surface area contributed by atoms with Gasteiger partial charge in [0.05, 0.1) is 12.3 Å². The lowest BCUT2D eigenvalue weighted by atomic mass is 9.90. The van der Waals surface area contributed by atoms with Crippen LogP contribution in [0.3, 0.4) is 0 Å². The van der Waals surface area contributed by atoms with Crippen molar-refractivity contribution < 1.29 is 27.4 Å². The van der Waals surface area contributed by atoms with Crippen LogP contribution in [0.15, 0.2) is 18.3 Å². The van der Waals surface area contributed by atoms with E-state index >= 15 is 0 Å². The molecule has 1 aromatic heterocycles. The van der Waals surface area contributed by atoms with Crippen LogP contribution in [0.4, 0.5) is 19.0 Å². The van der Waals surface area contributed by atoms with E-state index in [4.69, 9.17) is 10.5 Å². The molecule has 2 aliphatic rings. The van der Waals surface area contributed by atoms with E-state index in [-0.39, 0.29) is 11.9 Å². The highest BCUT2D eigenvalue weighted by Crippen LogP contribution is 2.33. The summed E-state index contributed by atoms with van der Waals surface area (Å²) in [6, 6.07) is 2.79. The van der Waals surface area contributed by atoms with E-state index in [1.165, 1.54) is 12.1 Å². The monoisotopic (exact) mass is 359 g/mol. The number of primary amides is 1. The number of hydrogen-bond acceptors (Lipinski definition) is 5. The van der Waals surface area contributed by atoms with Crippen molar-refractivity contribution in [1.82, 2.24) is 4.98 Å². The van der Waals surface area contributed by atoms with Crippen LogP contribution in [0, 0.1) is 5.92 Å². The summed E-state index contributed by atoms with van der Waals surface area (Å²) in [6.07, 6.45) is -0.821. The van der Waals surface area contributed by atoms with Gasteiger partial charge in [-0.15, -0.1) is 13.2 Å². The zero-order chi connectivity index (χ0) is 18.0. The Kier molecular flexibility index (Phi) is 5.03. The lowest BCUT2D eigenvalue weighted by Gasteiger charge is -2.35. The van der Waals surface area contributed by atoms with Crippen molar-refractivity contribution in [3.05, 3.63) is 18.3 Å². The Morgan fingerprint density at radius 1 is 1.24 bits per heavy atom. The summed E-state index contributed by atoms with van der Waals surface area (Å²) >= 11 is 0. The maximum absolute atomic E-state index is 12.2. The second kappa shape index (κ2) is 7.07. The Labute approximate surface area is 143 Å². The predicted molar refractivity (Wildman–Crippen MR) is 82.9 cm³/mol. The summed E-state index contributed by atoms with van der Waals surface area (Å²) in [5.41, 5.74) is 5.28. The summed E-state index contributed by atoms with van der Waals surface area (Å²) in [6.45, 7) is 1.47. The number of hydrogen-bond donors (Lipinski definition) is 1. The van der Waals surface area contributed by atoms with Gasteiger partial charge in [0.25, 0.3) is 0 Å². The summed E-state index contributed by atoms with van der Waals surface area (Å²) in [5, 5.41) is 0. The standard InChI is InChI=1S/C16H20F3N3O3/c17-16(18,19)25-11-1-4-14(21-9-11)22-7-5-10(6-8-22)12-2-3-13(24-12)15(20)23/h1,4,9-10,12-13H,2-3,5-8H2,(H2,20,23)/t12-,13+/m0/s1. The second-order valence-corrected chi connectivity index (χ2v) is 6.37. The van der Waals surface area contributed by atoms with Gasteiger partial charge in [0.15, 0.2) is 0 Å². The topological polar surface area (TPSA) is 77.7 Å². The molecule has 0 unspecified atom stereocenters. The molecule has 2 N–H and O–H groups in total. The number of halogens is 3. The van der Waals surface area contributed by atoms with Gasteiger partial charge in [-0.05, 0) is 43.7 Å². The molecular weight excluding hydrogens is 339 g/mol. The first-order valence-corrected chi connectivity index (χ1v) is 8.23. The van der Waals surface area contributed by atoms with Gasteiger partial charge in [0, 0.05) is 13.1 Å². The number of rotatable bonds is 4. The van der Waals surface area contributed by atoms with E-state index < -0.39 is 18.4 Å². The number of anilines is 1. The molecule has 2 aliphatic heterocycles. The molecule has 138 valence electrons. The van der Waals surface area contributed by atoms with Crippen LogP contribution in [-0.2, 0) is 9.53 Å². The number of nitrogens with two attached hydrogens (primary N) is 1. The Bertz CT molecular complexity index is 601. The Morgan fingerprint density at radius 2 is 1.96 bits per heavy atom. The SMILES string of the molecule is NC(=O)[C@H]1CC[C@@H](C2CCN(c3ccc(OC(F)(F)F)cn3)CC2)O1. The molecule has 25 heavy (non-hydrogen) atoms. The molecule has 2 saturated heterocycles. The van der Waals surface area contributed by atoms with E-state index in [9.17, 15) is 18.0 Å². The third kappa shape index (κ3) is 4.53. The number of nitrogens with zero attached hydrogens (tertiary/aromatic N) is 2. The number of piperidine rings is 1. The maximum atomic E-state index is 12.2. The second-order valence-electron chi connectivity index (χ2n) is 6.37. The molecule has 2 fully saturated rings. The number of amides is 1. The zero-order valence-electron chi connectivity index (χ0n) is 13.5. The van der Waals surface area contributed by atoms with Crippen LogP contribution in [0.25, 0.3) is 0 Å². The first-order valence-electron chi connectivity index (χ1n) is 8.23. The average Bonchev–Trinajstić information content (AvgIpc) is 3.05. The molecule has 0 spiro atoms. The van der Waals surface area contributed by atoms with Gasteiger partial charge in [-0.2, -0.15) is 0 Å². The van der Waals surface area contributed by atoms with Crippen LogP contribution >= 0.6 is 0 Å². The van der Waals surface area contributed by atoms with Gasteiger partial charge in [-0.3, -0.25) is 4.79 Å². The molecular formula is C16H20F3N3O3. The van der Waals surface area contributed by atoms with Gasteiger partial charge in [-0.1, -0.05) is 0 Å². The van der Waals surface area contributed by atoms with Gasteiger partial charge in [-0.25, -0.2) is 4.98 Å². The maximum Gasteiger partial charge on any atom is 0.573 e. The third-order valence-electron chi connectivity index (χ3n) is 4.71. The van der Waals surface area contributed by atoms with Crippen LogP contribution in [-0.4, -0.2) is 42.6 Å². The summed E-state index contributed by atoms with van der Waals surface area (Å²) in [4.78, 5) is 17.3. The molecule has 2 atom stereocenters. The summed E-state index contributed by atoms with van der Waals surface area (Å²) in [5.74, 6) is 0.233. The minimum Gasteiger partial charge on any atom is -0.404 e. The van der Waals surface area contributed by atoms with Gasteiger partial charge in [0.2, 0.25) is 5.91 Å². The third-order valence-corrected chi connectivity index (χ3v) is 4.71. The molecule has 3 heterocycles. The van der Waals surface area contributed by atoms with Crippen LogP contribution < -0.4 is 15.4 Å². The van der Waals surface area contributed by atoms with Crippen LogP contribution in [0.1, 0.15) is 25.7 Å². The van der Waals surface area contributed by atoms with Crippen LogP contribution in [0.5, 0.6) is 5.75 Å². The fraction of sp³-hybridized carbons (Fsp3) is 0.625. The molecule has 0 radical (unpaired) electrons. The lowest BCUT2D eigenvalue weighted by Crippen LogP contribution is -2.39. The van der Waals surface area contributed by atoms with Crippen molar-refractivity contribution in [2.24, 2.45) is 11.7 Å². The smallest absolute Gasteiger partial charge is 0.404 e. The lowest BCUT2D eigenvalue weighted by molar-refractivity contribution is -0.274. The zero-order valence-corrected chi connectivity index (χ0v) is 13.5. The first-order chi connectivity index (χ1) is 11.8. The molecule has 0 saturated carbocycles. The van der Waals surface area contributed by atoms with Gasteiger partial charge in [0.1, 0.15) is 17.7 Å². The average molecular weight is 359 g/mol. The number of carbonyl (C=O) groups excluding carboxylic acids is 1. The van der Waals surface area contributed by atoms with Crippen molar-refractivity contribution in [3.63, 3.8) is 0 Å². The number of carbonyl (C=O) groups is 1. The summed E-state index contributed by atoms with van der Waals surface area (Å²) in [7, 11) is 0. The highest BCUT2D eigenvalue weighted by atomic mass is 19.4. The number of pyridine rings is 1. The van der Waals surface area contributed by atoms with Crippen molar-refractivity contribution in [3.8, 4) is 5.75 Å². The predicted octanol–water partition coefficient (Wildman–Crippen LogP) is 2.23.